The van der Waals surface area contributed by atoms with E-state index in [9.17, 15) is 8.42 Å². The smallest absolute Gasteiger partial charge is 0.207 e. The maximum absolute atomic E-state index is 13.4. The lowest BCUT2D eigenvalue weighted by Crippen LogP contribution is -2.30. The van der Waals surface area contributed by atoms with E-state index in [1.54, 1.807) is 23.1 Å². The summed E-state index contributed by atoms with van der Waals surface area (Å²) in [5, 5.41) is 15.8. The molecule has 35 heavy (non-hydrogen) atoms. The summed E-state index contributed by atoms with van der Waals surface area (Å²) in [6.07, 6.45) is 5.94. The molecule has 1 saturated carbocycles. The second-order valence-corrected chi connectivity index (χ2v) is 11.9. The minimum absolute atomic E-state index is 0.219. The first-order valence-electron chi connectivity index (χ1n) is 11.7. The van der Waals surface area contributed by atoms with Gasteiger partial charge in [-0.3, -0.25) is 0 Å². The van der Waals surface area contributed by atoms with Gasteiger partial charge in [-0.2, -0.15) is 9.78 Å². The van der Waals surface area contributed by atoms with Gasteiger partial charge in [-0.05, 0) is 66.6 Å². The van der Waals surface area contributed by atoms with Crippen molar-refractivity contribution in [1.82, 2.24) is 19.6 Å². The molecule has 6 rings (SSSR count). The third-order valence-electron chi connectivity index (χ3n) is 6.69. The number of rotatable bonds is 6. The highest BCUT2D eigenvalue weighted by Gasteiger charge is 2.38. The summed E-state index contributed by atoms with van der Waals surface area (Å²) in [7, 11) is -3.75. The second kappa shape index (κ2) is 8.89. The maximum atomic E-state index is 13.4. The summed E-state index contributed by atoms with van der Waals surface area (Å²) >= 11 is 1.50. The van der Waals surface area contributed by atoms with Gasteiger partial charge in [-0.1, -0.05) is 65.9 Å². The molecule has 2 atom stereocenters. The van der Waals surface area contributed by atoms with Crippen molar-refractivity contribution in [3.63, 3.8) is 0 Å². The predicted molar refractivity (Wildman–Crippen MR) is 138 cm³/mol. The average molecular weight is 504 g/mol. The molecular weight excluding hydrogens is 478 g/mol. The van der Waals surface area contributed by atoms with Crippen molar-refractivity contribution in [3.8, 4) is 0 Å². The molecule has 1 heterocycles. The second-order valence-electron chi connectivity index (χ2n) is 9.07. The van der Waals surface area contributed by atoms with Gasteiger partial charge in [0.2, 0.25) is 15.2 Å². The minimum Gasteiger partial charge on any atom is -0.207 e. The van der Waals surface area contributed by atoms with Crippen LogP contribution < -0.4 is 4.72 Å². The number of sulfonamides is 1. The van der Waals surface area contributed by atoms with E-state index >= 15 is 0 Å². The zero-order valence-electron chi connectivity index (χ0n) is 19.3. The first-order valence-corrected chi connectivity index (χ1v) is 14.1. The van der Waals surface area contributed by atoms with Crippen LogP contribution in [-0.4, -0.2) is 29.0 Å². The predicted octanol–water partition coefficient (Wildman–Crippen LogP) is 5.38. The molecule has 7 nitrogen and oxygen atoms in total. The van der Waals surface area contributed by atoms with Gasteiger partial charge in [-0.25, -0.2) is 13.1 Å². The first-order chi connectivity index (χ1) is 17.0. The van der Waals surface area contributed by atoms with E-state index in [2.05, 4.69) is 33.1 Å². The lowest BCUT2D eigenvalue weighted by atomic mass is 10.1. The average Bonchev–Trinajstić information content (AvgIpc) is 3.59. The molecule has 2 aliphatic carbocycles. The monoisotopic (exact) mass is 503 g/mol. The van der Waals surface area contributed by atoms with Crippen molar-refractivity contribution < 1.29 is 8.42 Å². The lowest BCUT2D eigenvalue weighted by Gasteiger charge is -2.22. The standard InChI is InChI=1S/C26H25N5O2S2/c1-17-12-14-20(15-13-17)35(32,33)30-24-21-10-4-6-18-7-5-11-22(23(18)21)25(24)34-26-28-27-16-31(26)29-19-8-2-3-9-19/h4-7,10-16,24-25,30H,2-3,8-9H2,1H3/t24-,25-/m0/s1. The molecule has 0 radical (unpaired) electrons. The summed E-state index contributed by atoms with van der Waals surface area (Å²) in [4.78, 5) is 0.255. The van der Waals surface area contributed by atoms with Crippen molar-refractivity contribution in [2.45, 2.75) is 54.0 Å². The van der Waals surface area contributed by atoms with Crippen LogP contribution in [0.2, 0.25) is 0 Å². The Morgan fingerprint density at radius 1 is 1.00 bits per heavy atom. The third-order valence-corrected chi connectivity index (χ3v) is 9.41. The first kappa shape index (κ1) is 22.5. The van der Waals surface area contributed by atoms with Gasteiger partial charge in [0.25, 0.3) is 0 Å². The van der Waals surface area contributed by atoms with Gasteiger partial charge in [0.05, 0.1) is 16.2 Å². The SMILES string of the molecule is Cc1ccc(S(=O)(=O)N[C@H]2c3cccc4cccc(c34)[C@@H]2Sc2nncn2N=C2CCCC2)cc1. The molecule has 0 amide bonds. The number of aromatic nitrogens is 3. The molecule has 0 spiro atoms. The van der Waals surface area contributed by atoms with Crippen LogP contribution in [0.25, 0.3) is 10.8 Å². The topological polar surface area (TPSA) is 89.2 Å². The van der Waals surface area contributed by atoms with Crippen molar-refractivity contribution in [3.05, 3.63) is 83.7 Å². The van der Waals surface area contributed by atoms with Crippen LogP contribution in [-0.2, 0) is 10.0 Å². The van der Waals surface area contributed by atoms with Crippen LogP contribution in [0.4, 0.5) is 0 Å². The molecular formula is C26H25N5O2S2. The van der Waals surface area contributed by atoms with E-state index in [-0.39, 0.29) is 10.1 Å². The molecule has 0 bridgehead atoms. The Balaban J connectivity index is 1.40. The Kier molecular flexibility index (Phi) is 5.70. The zero-order chi connectivity index (χ0) is 24.0. The summed E-state index contributed by atoms with van der Waals surface area (Å²) in [6.45, 7) is 1.94. The minimum atomic E-state index is -3.75. The van der Waals surface area contributed by atoms with Crippen LogP contribution in [0.1, 0.15) is 53.7 Å². The largest absolute Gasteiger partial charge is 0.241 e. The van der Waals surface area contributed by atoms with Crippen LogP contribution in [0.5, 0.6) is 0 Å². The molecule has 2 aliphatic rings. The normalized spacial score (nSPS) is 19.5. The summed E-state index contributed by atoms with van der Waals surface area (Å²) in [5.74, 6) is 0. The van der Waals surface area contributed by atoms with E-state index < -0.39 is 16.1 Å². The van der Waals surface area contributed by atoms with E-state index in [4.69, 9.17) is 5.10 Å². The van der Waals surface area contributed by atoms with Crippen molar-refractivity contribution >= 4 is 38.3 Å². The quantitative estimate of drug-likeness (QED) is 0.381. The Morgan fingerprint density at radius 3 is 2.46 bits per heavy atom. The molecule has 0 saturated heterocycles. The molecule has 0 aliphatic heterocycles. The fourth-order valence-electron chi connectivity index (χ4n) is 4.96. The highest BCUT2D eigenvalue weighted by molar-refractivity contribution is 7.99. The number of nitrogens with one attached hydrogen (secondary N) is 1. The summed E-state index contributed by atoms with van der Waals surface area (Å²) in [6, 6.07) is 18.7. The van der Waals surface area contributed by atoms with Gasteiger partial charge in [0.1, 0.15) is 6.33 Å². The Labute approximate surface area is 208 Å². The van der Waals surface area contributed by atoms with Gasteiger partial charge < -0.3 is 0 Å². The highest BCUT2D eigenvalue weighted by Crippen LogP contribution is 2.53. The molecule has 0 unspecified atom stereocenters. The number of hydrogen-bond donors (Lipinski definition) is 1. The van der Waals surface area contributed by atoms with Gasteiger partial charge >= 0.3 is 0 Å². The lowest BCUT2D eigenvalue weighted by molar-refractivity contribution is 0.557. The van der Waals surface area contributed by atoms with Gasteiger partial charge in [0.15, 0.2) is 0 Å². The number of nitrogens with zero attached hydrogens (tertiary/aromatic N) is 4. The Hall–Kier alpha value is -3.01. The molecule has 1 N–H and O–H groups in total. The maximum Gasteiger partial charge on any atom is 0.241 e. The number of hydrogen-bond acceptors (Lipinski definition) is 6. The van der Waals surface area contributed by atoms with Crippen LogP contribution in [0, 0.1) is 6.92 Å². The van der Waals surface area contributed by atoms with E-state index in [1.807, 2.05) is 37.3 Å². The van der Waals surface area contributed by atoms with Crippen LogP contribution >= 0.6 is 11.8 Å². The Bertz CT molecular complexity index is 1530. The van der Waals surface area contributed by atoms with Gasteiger partial charge in [0, 0.05) is 5.71 Å². The third kappa shape index (κ3) is 4.17. The van der Waals surface area contributed by atoms with Crippen molar-refractivity contribution in [2.24, 2.45) is 5.10 Å². The summed E-state index contributed by atoms with van der Waals surface area (Å²) in [5.41, 5.74) is 4.22. The highest BCUT2D eigenvalue weighted by atomic mass is 32.2. The zero-order valence-corrected chi connectivity index (χ0v) is 20.9. The summed E-state index contributed by atoms with van der Waals surface area (Å²) < 4.78 is 31.6. The molecule has 1 fully saturated rings. The van der Waals surface area contributed by atoms with Crippen molar-refractivity contribution in [1.29, 1.82) is 0 Å². The Morgan fingerprint density at radius 2 is 1.71 bits per heavy atom. The molecule has 3 aromatic carbocycles. The van der Waals surface area contributed by atoms with E-state index in [1.165, 1.54) is 11.8 Å². The van der Waals surface area contributed by atoms with E-state index in [0.717, 1.165) is 58.9 Å². The molecule has 178 valence electrons. The number of aryl methyl sites for hydroxylation is 1. The fraction of sp³-hybridized carbons (Fsp3) is 0.269. The molecule has 1 aromatic heterocycles. The van der Waals surface area contributed by atoms with Crippen LogP contribution in [0.3, 0.4) is 0 Å². The van der Waals surface area contributed by atoms with Crippen LogP contribution in [0.15, 0.2) is 82.1 Å². The fourth-order valence-corrected chi connectivity index (χ4v) is 7.47. The van der Waals surface area contributed by atoms with Gasteiger partial charge in [-0.15, -0.1) is 10.2 Å². The number of benzene rings is 3. The van der Waals surface area contributed by atoms with Crippen molar-refractivity contribution in [2.75, 3.05) is 0 Å². The molecule has 4 aromatic rings. The van der Waals surface area contributed by atoms with E-state index in [0.29, 0.717) is 5.16 Å². The molecule has 9 heteroatoms. The number of thioether (sulfide) groups is 1.